The van der Waals surface area contributed by atoms with Crippen molar-refractivity contribution in [3.05, 3.63) is 65.9 Å². The number of para-hydroxylation sites is 1. The molecule has 0 amide bonds. The second-order valence-electron chi connectivity index (χ2n) is 6.18. The summed E-state index contributed by atoms with van der Waals surface area (Å²) in [4.78, 5) is 4.39. The van der Waals surface area contributed by atoms with Gasteiger partial charge < -0.3 is 15.2 Å². The summed E-state index contributed by atoms with van der Waals surface area (Å²) in [5.41, 5.74) is 2.11. The maximum Gasteiger partial charge on any atom is 0.416 e. The maximum absolute atomic E-state index is 13.3. The van der Waals surface area contributed by atoms with Crippen LogP contribution in [0, 0.1) is 6.92 Å². The molecule has 0 bridgehead atoms. The van der Waals surface area contributed by atoms with Crippen molar-refractivity contribution in [2.24, 2.45) is 0 Å². The highest BCUT2D eigenvalue weighted by Crippen LogP contribution is 2.37. The Bertz CT molecular complexity index is 944. The van der Waals surface area contributed by atoms with E-state index in [0.717, 1.165) is 5.69 Å². The molecule has 27 heavy (non-hydrogen) atoms. The number of anilines is 1. The molecule has 2 atom stereocenters. The molecule has 142 valence electrons. The van der Waals surface area contributed by atoms with Crippen molar-refractivity contribution < 1.29 is 23.0 Å². The molecule has 2 unspecified atom stereocenters. The first kappa shape index (κ1) is 19.0. The molecular formula is C20H19F3N2O2. The van der Waals surface area contributed by atoms with Gasteiger partial charge in [-0.25, -0.2) is 0 Å². The molecule has 1 aromatic heterocycles. The van der Waals surface area contributed by atoms with Crippen LogP contribution in [0.5, 0.6) is 5.75 Å². The quantitative estimate of drug-likeness (QED) is 0.682. The average Bonchev–Trinajstić information content (AvgIpc) is 2.64. The van der Waals surface area contributed by atoms with Crippen LogP contribution in [-0.2, 0) is 0 Å². The summed E-state index contributed by atoms with van der Waals surface area (Å²) in [6, 6.07) is 13.6. The fraction of sp³-hybridized carbons (Fsp3) is 0.250. The number of aryl methyl sites for hydroxylation is 1. The van der Waals surface area contributed by atoms with E-state index < -0.39 is 18.3 Å². The summed E-state index contributed by atoms with van der Waals surface area (Å²) < 4.78 is 45.2. The summed E-state index contributed by atoms with van der Waals surface area (Å²) in [6.45, 7) is 1.84. The summed E-state index contributed by atoms with van der Waals surface area (Å²) in [7, 11) is 1.38. The van der Waals surface area contributed by atoms with Gasteiger partial charge >= 0.3 is 6.18 Å². The SMILES string of the molecule is COc1ccccc1C(Nc1cccc2nc(C)ccc12)C(O)C(F)(F)F. The summed E-state index contributed by atoms with van der Waals surface area (Å²) in [5.74, 6) is 0.257. The number of nitrogens with one attached hydrogen (secondary N) is 1. The van der Waals surface area contributed by atoms with Gasteiger partial charge in [-0.3, -0.25) is 4.98 Å². The minimum Gasteiger partial charge on any atom is -0.496 e. The zero-order chi connectivity index (χ0) is 19.6. The van der Waals surface area contributed by atoms with Crippen LogP contribution in [0.15, 0.2) is 54.6 Å². The van der Waals surface area contributed by atoms with Crippen molar-refractivity contribution in [2.75, 3.05) is 12.4 Å². The number of benzene rings is 2. The highest BCUT2D eigenvalue weighted by atomic mass is 19.4. The first-order chi connectivity index (χ1) is 12.8. The zero-order valence-electron chi connectivity index (χ0n) is 14.8. The summed E-state index contributed by atoms with van der Waals surface area (Å²) >= 11 is 0. The monoisotopic (exact) mass is 376 g/mol. The number of nitrogens with zero attached hydrogens (tertiary/aromatic N) is 1. The van der Waals surface area contributed by atoms with Gasteiger partial charge in [0.25, 0.3) is 0 Å². The molecule has 3 rings (SSSR count). The second kappa shape index (κ2) is 7.44. The van der Waals surface area contributed by atoms with Crippen LogP contribution in [0.2, 0.25) is 0 Å². The number of methoxy groups -OCH3 is 1. The molecule has 4 nitrogen and oxygen atoms in total. The minimum atomic E-state index is -4.81. The van der Waals surface area contributed by atoms with Gasteiger partial charge in [0.2, 0.25) is 0 Å². The van der Waals surface area contributed by atoms with Crippen LogP contribution >= 0.6 is 0 Å². The van der Waals surface area contributed by atoms with Gasteiger partial charge in [-0.1, -0.05) is 24.3 Å². The molecule has 0 radical (unpaired) electrons. The number of hydrogen-bond donors (Lipinski definition) is 2. The van der Waals surface area contributed by atoms with E-state index in [4.69, 9.17) is 4.74 Å². The lowest BCUT2D eigenvalue weighted by molar-refractivity contribution is -0.208. The molecule has 7 heteroatoms. The average molecular weight is 376 g/mol. The Morgan fingerprint density at radius 1 is 1.04 bits per heavy atom. The van der Waals surface area contributed by atoms with E-state index in [9.17, 15) is 18.3 Å². The molecule has 0 saturated heterocycles. The van der Waals surface area contributed by atoms with Crippen molar-refractivity contribution in [3.8, 4) is 5.75 Å². The lowest BCUT2D eigenvalue weighted by Crippen LogP contribution is -2.38. The van der Waals surface area contributed by atoms with Gasteiger partial charge in [0.15, 0.2) is 6.10 Å². The van der Waals surface area contributed by atoms with E-state index in [2.05, 4.69) is 10.3 Å². The fourth-order valence-electron chi connectivity index (χ4n) is 2.99. The molecule has 0 saturated carbocycles. The fourth-order valence-corrected chi connectivity index (χ4v) is 2.99. The van der Waals surface area contributed by atoms with Gasteiger partial charge in [0.05, 0.1) is 18.7 Å². The number of rotatable bonds is 5. The van der Waals surface area contributed by atoms with Crippen molar-refractivity contribution in [1.29, 1.82) is 0 Å². The normalized spacial score (nSPS) is 14.0. The third kappa shape index (κ3) is 3.98. The molecule has 3 aromatic rings. The number of aliphatic hydroxyl groups is 1. The number of pyridine rings is 1. The molecule has 0 aliphatic rings. The highest BCUT2D eigenvalue weighted by Gasteiger charge is 2.45. The maximum atomic E-state index is 13.3. The Labute approximate surface area is 154 Å². The number of aromatic nitrogens is 1. The Morgan fingerprint density at radius 2 is 1.78 bits per heavy atom. The lowest BCUT2D eigenvalue weighted by Gasteiger charge is -2.28. The lowest BCUT2D eigenvalue weighted by atomic mass is 9.98. The Kier molecular flexibility index (Phi) is 5.23. The molecule has 0 aliphatic carbocycles. The van der Waals surface area contributed by atoms with E-state index in [1.54, 1.807) is 48.5 Å². The smallest absolute Gasteiger partial charge is 0.416 e. The van der Waals surface area contributed by atoms with Crippen LogP contribution in [0.3, 0.4) is 0 Å². The van der Waals surface area contributed by atoms with Crippen molar-refractivity contribution in [3.63, 3.8) is 0 Å². The van der Waals surface area contributed by atoms with Crippen LogP contribution in [0.4, 0.5) is 18.9 Å². The second-order valence-corrected chi connectivity index (χ2v) is 6.18. The van der Waals surface area contributed by atoms with Crippen LogP contribution in [-0.4, -0.2) is 29.5 Å². The molecule has 0 fully saturated rings. The van der Waals surface area contributed by atoms with E-state index in [0.29, 0.717) is 16.6 Å². The molecule has 0 spiro atoms. The third-order valence-corrected chi connectivity index (χ3v) is 4.31. The van der Waals surface area contributed by atoms with Crippen molar-refractivity contribution >= 4 is 16.6 Å². The zero-order valence-corrected chi connectivity index (χ0v) is 14.8. The van der Waals surface area contributed by atoms with E-state index >= 15 is 0 Å². The van der Waals surface area contributed by atoms with Gasteiger partial charge in [-0.05, 0) is 37.3 Å². The number of aliphatic hydroxyl groups excluding tert-OH is 1. The van der Waals surface area contributed by atoms with Gasteiger partial charge in [-0.15, -0.1) is 0 Å². The largest absolute Gasteiger partial charge is 0.496 e. The first-order valence-electron chi connectivity index (χ1n) is 8.32. The van der Waals surface area contributed by atoms with Crippen LogP contribution in [0.1, 0.15) is 17.3 Å². The number of ether oxygens (including phenoxy) is 1. The number of fused-ring (bicyclic) bond motifs is 1. The molecule has 1 heterocycles. The number of alkyl halides is 3. The Morgan fingerprint density at radius 3 is 2.48 bits per heavy atom. The predicted octanol–water partition coefficient (Wildman–Crippen LogP) is 4.63. The van der Waals surface area contributed by atoms with Gasteiger partial charge in [0, 0.05) is 22.3 Å². The highest BCUT2D eigenvalue weighted by molar-refractivity contribution is 5.91. The number of hydrogen-bond acceptors (Lipinski definition) is 4. The van der Waals surface area contributed by atoms with Gasteiger partial charge in [-0.2, -0.15) is 13.2 Å². The van der Waals surface area contributed by atoms with E-state index in [-0.39, 0.29) is 11.3 Å². The minimum absolute atomic E-state index is 0.210. The standard InChI is InChI=1S/C20H19F3N2O2/c1-12-10-11-13-15(24-12)7-5-8-16(13)25-18(19(26)20(21,22)23)14-6-3-4-9-17(14)27-2/h3-11,18-19,25-26H,1-2H3. The van der Waals surface area contributed by atoms with E-state index in [1.807, 2.05) is 6.92 Å². The van der Waals surface area contributed by atoms with Crippen molar-refractivity contribution in [1.82, 2.24) is 4.98 Å². The molecule has 2 N–H and O–H groups in total. The Hall–Kier alpha value is -2.80. The van der Waals surface area contributed by atoms with Crippen LogP contribution in [0.25, 0.3) is 10.9 Å². The summed E-state index contributed by atoms with van der Waals surface area (Å²) in [6.07, 6.45) is -7.43. The third-order valence-electron chi connectivity index (χ3n) is 4.31. The van der Waals surface area contributed by atoms with Crippen molar-refractivity contribution in [2.45, 2.75) is 25.2 Å². The predicted molar refractivity (Wildman–Crippen MR) is 97.9 cm³/mol. The molecule has 2 aromatic carbocycles. The molecule has 0 aliphatic heterocycles. The topological polar surface area (TPSA) is 54.4 Å². The number of halogens is 3. The molecular weight excluding hydrogens is 357 g/mol. The first-order valence-corrected chi connectivity index (χ1v) is 8.32. The van der Waals surface area contributed by atoms with Crippen LogP contribution < -0.4 is 10.1 Å². The Balaban J connectivity index is 2.10. The van der Waals surface area contributed by atoms with E-state index in [1.165, 1.54) is 13.2 Å². The van der Waals surface area contributed by atoms with Gasteiger partial charge in [0.1, 0.15) is 5.75 Å². The summed E-state index contributed by atoms with van der Waals surface area (Å²) in [5, 5.41) is 13.6.